The van der Waals surface area contributed by atoms with Gasteiger partial charge in [0.15, 0.2) is 6.29 Å². The van der Waals surface area contributed by atoms with E-state index in [-0.39, 0.29) is 6.29 Å². The highest BCUT2D eigenvalue weighted by molar-refractivity contribution is 14.1. The number of hydrogen-bond donors (Lipinski definition) is 0. The van der Waals surface area contributed by atoms with Crippen LogP contribution in [0.5, 0.6) is 0 Å². The van der Waals surface area contributed by atoms with E-state index in [0.29, 0.717) is 10.5 Å². The fourth-order valence-corrected chi connectivity index (χ4v) is 2.87. The van der Waals surface area contributed by atoms with Gasteiger partial charge in [0, 0.05) is 7.11 Å². The molecule has 0 radical (unpaired) electrons. The fraction of sp³-hybridized carbons (Fsp3) is 0.846. The lowest BCUT2D eigenvalue weighted by atomic mass is 10.1. The minimum Gasteiger partial charge on any atom is -0.355 e. The van der Waals surface area contributed by atoms with Crippen LogP contribution in [0.25, 0.3) is 0 Å². The van der Waals surface area contributed by atoms with Crippen LogP contribution in [0, 0.1) is 0 Å². The summed E-state index contributed by atoms with van der Waals surface area (Å²) in [5.74, 6) is 0. The Kier molecular flexibility index (Phi) is 8.51. The van der Waals surface area contributed by atoms with Gasteiger partial charge < -0.3 is 9.47 Å². The van der Waals surface area contributed by atoms with Gasteiger partial charge in [-0.2, -0.15) is 0 Å². The third kappa shape index (κ3) is 6.21. The Morgan fingerprint density at radius 1 is 1.12 bits per heavy atom. The Morgan fingerprint density at radius 3 is 2.69 bits per heavy atom. The summed E-state index contributed by atoms with van der Waals surface area (Å²) in [5.41, 5.74) is 0. The molecule has 16 heavy (non-hydrogen) atoms. The summed E-state index contributed by atoms with van der Waals surface area (Å²) in [6.45, 7) is 0.679. The topological polar surface area (TPSA) is 18.5 Å². The molecule has 0 N–H and O–H groups in total. The van der Waals surface area contributed by atoms with Crippen LogP contribution in [0.3, 0.4) is 0 Å². The third-order valence-electron chi connectivity index (χ3n) is 2.90. The Labute approximate surface area is 113 Å². The summed E-state index contributed by atoms with van der Waals surface area (Å²) in [4.78, 5) is 0. The van der Waals surface area contributed by atoms with Crippen molar-refractivity contribution in [2.24, 2.45) is 0 Å². The summed E-state index contributed by atoms with van der Waals surface area (Å²) in [7, 11) is 1.73. The van der Waals surface area contributed by atoms with Crippen LogP contribution in [0.2, 0.25) is 0 Å². The smallest absolute Gasteiger partial charge is 0.169 e. The van der Waals surface area contributed by atoms with Gasteiger partial charge in [0.05, 0.1) is 10.5 Å². The number of allylic oxidation sites excluding steroid dienone is 1. The van der Waals surface area contributed by atoms with Crippen molar-refractivity contribution in [2.75, 3.05) is 13.7 Å². The molecule has 2 atom stereocenters. The summed E-state index contributed by atoms with van der Waals surface area (Å²) in [6.07, 6.45) is 13.4. The Morgan fingerprint density at radius 2 is 1.88 bits per heavy atom. The first-order chi connectivity index (χ1) is 7.84. The van der Waals surface area contributed by atoms with Crippen LogP contribution in [0.4, 0.5) is 0 Å². The van der Waals surface area contributed by atoms with E-state index in [9.17, 15) is 0 Å². The zero-order chi connectivity index (χ0) is 11.6. The number of rotatable bonds is 1. The zero-order valence-corrected chi connectivity index (χ0v) is 12.3. The molecule has 0 saturated heterocycles. The van der Waals surface area contributed by atoms with Gasteiger partial charge in [-0.15, -0.1) is 0 Å². The molecule has 94 valence electrons. The number of alkyl halides is 1. The molecule has 0 aromatic carbocycles. The van der Waals surface area contributed by atoms with Gasteiger partial charge in [0.2, 0.25) is 0 Å². The van der Waals surface area contributed by atoms with Gasteiger partial charge in [-0.25, -0.2) is 0 Å². The van der Waals surface area contributed by atoms with Crippen molar-refractivity contribution < 1.29 is 9.47 Å². The van der Waals surface area contributed by atoms with Crippen molar-refractivity contribution in [3.63, 3.8) is 0 Å². The highest BCUT2D eigenvalue weighted by Crippen LogP contribution is 2.20. The highest BCUT2D eigenvalue weighted by atomic mass is 127. The molecule has 0 amide bonds. The molecule has 0 saturated carbocycles. The molecule has 0 aliphatic carbocycles. The zero-order valence-electron chi connectivity index (χ0n) is 10.2. The summed E-state index contributed by atoms with van der Waals surface area (Å²) >= 11 is 2.45. The second-order valence-corrected chi connectivity index (χ2v) is 5.87. The van der Waals surface area contributed by atoms with Crippen molar-refractivity contribution in [3.05, 3.63) is 12.2 Å². The molecular formula is C13H23IO2. The van der Waals surface area contributed by atoms with Gasteiger partial charge in [-0.1, -0.05) is 60.4 Å². The van der Waals surface area contributed by atoms with Crippen molar-refractivity contribution in [3.8, 4) is 0 Å². The average molecular weight is 338 g/mol. The molecule has 0 aromatic heterocycles. The van der Waals surface area contributed by atoms with Crippen molar-refractivity contribution in [2.45, 2.75) is 55.2 Å². The number of halogens is 1. The maximum atomic E-state index is 5.70. The molecule has 2 nitrogen and oxygen atoms in total. The Balaban J connectivity index is 2.38. The molecule has 0 bridgehead atoms. The third-order valence-corrected chi connectivity index (χ3v) is 4.11. The minimum atomic E-state index is -0.0500. The van der Waals surface area contributed by atoms with E-state index < -0.39 is 0 Å². The van der Waals surface area contributed by atoms with Crippen LogP contribution < -0.4 is 0 Å². The predicted octanol–water partition coefficient (Wildman–Crippen LogP) is 4.08. The molecule has 0 spiro atoms. The minimum absolute atomic E-state index is 0.0500. The molecule has 1 aliphatic heterocycles. The lowest BCUT2D eigenvalue weighted by Gasteiger charge is -2.20. The average Bonchev–Trinajstić information content (AvgIpc) is 2.31. The van der Waals surface area contributed by atoms with Crippen LogP contribution >= 0.6 is 22.6 Å². The molecule has 3 heteroatoms. The van der Waals surface area contributed by atoms with Crippen LogP contribution in [-0.4, -0.2) is 23.9 Å². The Hall–Kier alpha value is 0.390. The van der Waals surface area contributed by atoms with E-state index in [1.54, 1.807) is 7.11 Å². The quantitative estimate of drug-likeness (QED) is 0.407. The van der Waals surface area contributed by atoms with Crippen LogP contribution in [0.15, 0.2) is 12.2 Å². The molecule has 0 fully saturated rings. The standard InChI is InChI=1S/C13H23IO2/c1-15-13-12(14)10-8-6-4-2-3-5-7-9-11-16-13/h7,9,12-13H,2-6,8,10-11H2,1H3/b9-7+. The molecular weight excluding hydrogens is 315 g/mol. The molecule has 2 unspecified atom stereocenters. The highest BCUT2D eigenvalue weighted by Gasteiger charge is 2.17. The molecule has 1 aliphatic rings. The van der Waals surface area contributed by atoms with Gasteiger partial charge in [-0.3, -0.25) is 0 Å². The lowest BCUT2D eigenvalue weighted by Crippen LogP contribution is -2.26. The normalized spacial score (nSPS) is 32.1. The SMILES string of the molecule is COC1OC/C=C/CCCCCCCC1I. The maximum absolute atomic E-state index is 5.70. The lowest BCUT2D eigenvalue weighted by molar-refractivity contribution is -0.112. The first-order valence-corrected chi connectivity index (χ1v) is 7.52. The van der Waals surface area contributed by atoms with Gasteiger partial charge >= 0.3 is 0 Å². The first kappa shape index (κ1) is 14.5. The fourth-order valence-electron chi connectivity index (χ4n) is 1.92. The van der Waals surface area contributed by atoms with Crippen molar-refractivity contribution in [1.82, 2.24) is 0 Å². The van der Waals surface area contributed by atoms with Gasteiger partial charge in [-0.05, 0) is 19.3 Å². The second kappa shape index (κ2) is 9.42. The van der Waals surface area contributed by atoms with Crippen LogP contribution in [-0.2, 0) is 9.47 Å². The van der Waals surface area contributed by atoms with Crippen molar-refractivity contribution in [1.29, 1.82) is 0 Å². The number of hydrogen-bond acceptors (Lipinski definition) is 2. The van der Waals surface area contributed by atoms with E-state index in [1.165, 1.54) is 44.9 Å². The summed E-state index contributed by atoms with van der Waals surface area (Å²) in [5, 5.41) is 0. The second-order valence-electron chi connectivity index (χ2n) is 4.27. The molecule has 1 rings (SSSR count). The summed E-state index contributed by atoms with van der Waals surface area (Å²) in [6, 6.07) is 0. The number of ether oxygens (including phenoxy) is 2. The summed E-state index contributed by atoms with van der Waals surface area (Å²) < 4.78 is 11.5. The maximum Gasteiger partial charge on any atom is 0.169 e. The largest absolute Gasteiger partial charge is 0.355 e. The van der Waals surface area contributed by atoms with Gasteiger partial charge in [0.25, 0.3) is 0 Å². The van der Waals surface area contributed by atoms with E-state index in [2.05, 4.69) is 34.7 Å². The van der Waals surface area contributed by atoms with Crippen LogP contribution in [0.1, 0.15) is 44.9 Å². The monoisotopic (exact) mass is 338 g/mol. The van der Waals surface area contributed by atoms with E-state index >= 15 is 0 Å². The van der Waals surface area contributed by atoms with E-state index in [0.717, 1.165) is 0 Å². The van der Waals surface area contributed by atoms with Crippen molar-refractivity contribution >= 4 is 22.6 Å². The van der Waals surface area contributed by atoms with E-state index in [4.69, 9.17) is 9.47 Å². The van der Waals surface area contributed by atoms with Gasteiger partial charge in [0.1, 0.15) is 0 Å². The molecule has 1 heterocycles. The molecule has 0 aromatic rings. The number of methoxy groups -OCH3 is 1. The predicted molar refractivity (Wildman–Crippen MR) is 76.0 cm³/mol. The van der Waals surface area contributed by atoms with E-state index in [1.807, 2.05) is 0 Å². The first-order valence-electron chi connectivity index (χ1n) is 6.28. The Bertz CT molecular complexity index is 194.